The fraction of sp³-hybridized carbons (Fsp3) is 0.222. The van der Waals surface area contributed by atoms with E-state index in [1.54, 1.807) is 0 Å². The highest BCUT2D eigenvalue weighted by atomic mass is 16.5. The summed E-state index contributed by atoms with van der Waals surface area (Å²) in [5.41, 5.74) is 3.05. The molecule has 1 aromatic heterocycles. The lowest BCUT2D eigenvalue weighted by molar-refractivity contribution is 0.111. The van der Waals surface area contributed by atoms with Gasteiger partial charge in [0, 0.05) is 6.54 Å². The van der Waals surface area contributed by atoms with Crippen LogP contribution in [0.3, 0.4) is 0 Å². The molecular formula is C18H18N2O2. The fourth-order valence-electron chi connectivity index (χ4n) is 2.47. The Morgan fingerprint density at radius 3 is 2.68 bits per heavy atom. The number of hydrogen-bond donors (Lipinski definition) is 0. The maximum atomic E-state index is 11.2. The molecule has 3 aromatic rings. The molecule has 0 atom stereocenters. The van der Waals surface area contributed by atoms with E-state index in [1.165, 1.54) is 5.56 Å². The van der Waals surface area contributed by atoms with E-state index < -0.39 is 0 Å². The summed E-state index contributed by atoms with van der Waals surface area (Å²) in [5, 5.41) is 0. The molecule has 3 rings (SSSR count). The van der Waals surface area contributed by atoms with Crippen LogP contribution in [-0.2, 0) is 6.54 Å². The molecule has 0 unspecified atom stereocenters. The van der Waals surface area contributed by atoms with E-state index >= 15 is 0 Å². The monoisotopic (exact) mass is 294 g/mol. The molecule has 0 aliphatic rings. The number of aldehydes is 1. The number of aromatic nitrogens is 2. The zero-order chi connectivity index (χ0) is 15.4. The summed E-state index contributed by atoms with van der Waals surface area (Å²) in [6.07, 6.45) is 1.62. The summed E-state index contributed by atoms with van der Waals surface area (Å²) in [4.78, 5) is 15.5. The van der Waals surface area contributed by atoms with Gasteiger partial charge in [-0.25, -0.2) is 4.98 Å². The average Bonchev–Trinajstić information content (AvgIpc) is 2.91. The first-order valence-electron chi connectivity index (χ1n) is 7.38. The van der Waals surface area contributed by atoms with Gasteiger partial charge in [-0.15, -0.1) is 0 Å². The predicted octanol–water partition coefficient (Wildman–Crippen LogP) is 3.63. The third-order valence-electron chi connectivity index (χ3n) is 3.61. The topological polar surface area (TPSA) is 44.1 Å². The van der Waals surface area contributed by atoms with Crippen LogP contribution in [0.4, 0.5) is 0 Å². The Morgan fingerprint density at radius 2 is 1.91 bits per heavy atom. The van der Waals surface area contributed by atoms with Crippen molar-refractivity contribution in [2.75, 3.05) is 6.61 Å². The molecule has 1 heterocycles. The second-order valence-electron chi connectivity index (χ2n) is 5.24. The van der Waals surface area contributed by atoms with E-state index in [-0.39, 0.29) is 0 Å². The summed E-state index contributed by atoms with van der Waals surface area (Å²) in [5.74, 6) is 1.34. The number of carbonyl (C=O) groups is 1. The number of imidazole rings is 1. The van der Waals surface area contributed by atoms with Gasteiger partial charge < -0.3 is 9.30 Å². The van der Waals surface area contributed by atoms with Crippen LogP contribution in [0.15, 0.2) is 48.5 Å². The Morgan fingerprint density at radius 1 is 1.14 bits per heavy atom. The van der Waals surface area contributed by atoms with Crippen molar-refractivity contribution in [3.63, 3.8) is 0 Å². The summed E-state index contributed by atoms with van der Waals surface area (Å²) in [6, 6.07) is 15.8. The number of benzene rings is 2. The minimum absolute atomic E-state index is 0.469. The molecule has 0 bridgehead atoms. The van der Waals surface area contributed by atoms with Crippen LogP contribution in [0.5, 0.6) is 5.75 Å². The zero-order valence-corrected chi connectivity index (χ0v) is 12.5. The molecular weight excluding hydrogens is 276 g/mol. The Balaban J connectivity index is 1.64. The van der Waals surface area contributed by atoms with Crippen LogP contribution in [0.1, 0.15) is 22.6 Å². The molecule has 0 aliphatic carbocycles. The molecule has 0 spiro atoms. The standard InChI is InChI=1S/C18H18N2O2/c1-14-7-9-15(10-8-14)22-12-4-11-20-17-6-3-2-5-16(17)19-18(20)13-21/h2-3,5-10,13H,4,11-12H2,1H3. The van der Waals surface area contributed by atoms with Gasteiger partial charge in [-0.2, -0.15) is 0 Å². The minimum atomic E-state index is 0.469. The summed E-state index contributed by atoms with van der Waals surface area (Å²) < 4.78 is 7.67. The first kappa shape index (κ1) is 14.3. The first-order chi connectivity index (χ1) is 10.8. The van der Waals surface area contributed by atoms with Gasteiger partial charge >= 0.3 is 0 Å². The highest BCUT2D eigenvalue weighted by molar-refractivity contribution is 5.82. The summed E-state index contributed by atoms with van der Waals surface area (Å²) >= 11 is 0. The molecule has 112 valence electrons. The van der Waals surface area contributed by atoms with Crippen molar-refractivity contribution >= 4 is 17.3 Å². The maximum absolute atomic E-state index is 11.2. The van der Waals surface area contributed by atoms with E-state index in [1.807, 2.05) is 53.1 Å². The predicted molar refractivity (Wildman–Crippen MR) is 86.4 cm³/mol. The molecule has 2 aromatic carbocycles. The van der Waals surface area contributed by atoms with Crippen LogP contribution < -0.4 is 4.74 Å². The molecule has 4 heteroatoms. The second kappa shape index (κ2) is 6.43. The normalized spacial score (nSPS) is 10.8. The highest BCUT2D eigenvalue weighted by Crippen LogP contribution is 2.16. The van der Waals surface area contributed by atoms with Gasteiger partial charge in [-0.05, 0) is 37.6 Å². The van der Waals surface area contributed by atoms with Crippen molar-refractivity contribution in [3.05, 3.63) is 59.9 Å². The Kier molecular flexibility index (Phi) is 4.19. The van der Waals surface area contributed by atoms with Crippen molar-refractivity contribution in [3.8, 4) is 5.75 Å². The highest BCUT2D eigenvalue weighted by Gasteiger charge is 2.08. The minimum Gasteiger partial charge on any atom is -0.494 e. The van der Waals surface area contributed by atoms with E-state index in [2.05, 4.69) is 11.9 Å². The first-order valence-corrected chi connectivity index (χ1v) is 7.38. The lowest BCUT2D eigenvalue weighted by Crippen LogP contribution is -2.07. The van der Waals surface area contributed by atoms with Gasteiger partial charge in [0.25, 0.3) is 0 Å². The SMILES string of the molecule is Cc1ccc(OCCCn2c(C=O)nc3ccccc32)cc1. The molecule has 0 saturated heterocycles. The van der Waals surface area contributed by atoms with Crippen molar-refractivity contribution in [1.29, 1.82) is 0 Å². The molecule has 4 nitrogen and oxygen atoms in total. The number of rotatable bonds is 6. The van der Waals surface area contributed by atoms with Gasteiger partial charge in [0.05, 0.1) is 17.6 Å². The van der Waals surface area contributed by atoms with Gasteiger partial charge in [-0.1, -0.05) is 29.8 Å². The largest absolute Gasteiger partial charge is 0.494 e. The third kappa shape index (κ3) is 3.01. The average molecular weight is 294 g/mol. The Hall–Kier alpha value is -2.62. The molecule has 0 saturated carbocycles. The molecule has 0 amide bonds. The molecule has 0 N–H and O–H groups in total. The number of carbonyl (C=O) groups excluding carboxylic acids is 1. The van der Waals surface area contributed by atoms with E-state index in [0.717, 1.165) is 29.5 Å². The van der Waals surface area contributed by atoms with E-state index in [4.69, 9.17) is 4.74 Å². The van der Waals surface area contributed by atoms with Crippen molar-refractivity contribution < 1.29 is 9.53 Å². The summed E-state index contributed by atoms with van der Waals surface area (Å²) in [6.45, 7) is 3.36. The van der Waals surface area contributed by atoms with Crippen LogP contribution in [0, 0.1) is 6.92 Å². The molecule has 0 fully saturated rings. The number of aryl methyl sites for hydroxylation is 2. The molecule has 0 aliphatic heterocycles. The Labute approximate surface area is 129 Å². The third-order valence-corrected chi connectivity index (χ3v) is 3.61. The van der Waals surface area contributed by atoms with Gasteiger partial charge in [-0.3, -0.25) is 4.79 Å². The lowest BCUT2D eigenvalue weighted by atomic mass is 10.2. The van der Waals surface area contributed by atoms with Crippen molar-refractivity contribution in [1.82, 2.24) is 9.55 Å². The van der Waals surface area contributed by atoms with Crippen molar-refractivity contribution in [2.45, 2.75) is 19.9 Å². The summed E-state index contributed by atoms with van der Waals surface area (Å²) in [7, 11) is 0. The van der Waals surface area contributed by atoms with Crippen LogP contribution in [-0.4, -0.2) is 22.4 Å². The maximum Gasteiger partial charge on any atom is 0.185 e. The van der Waals surface area contributed by atoms with Gasteiger partial charge in [0.2, 0.25) is 0 Å². The molecule has 22 heavy (non-hydrogen) atoms. The smallest absolute Gasteiger partial charge is 0.185 e. The van der Waals surface area contributed by atoms with Crippen LogP contribution >= 0.6 is 0 Å². The number of fused-ring (bicyclic) bond motifs is 1. The van der Waals surface area contributed by atoms with Gasteiger partial charge in [0.15, 0.2) is 12.1 Å². The van der Waals surface area contributed by atoms with Crippen LogP contribution in [0.2, 0.25) is 0 Å². The van der Waals surface area contributed by atoms with Gasteiger partial charge in [0.1, 0.15) is 5.75 Å². The quantitative estimate of drug-likeness (QED) is 0.515. The second-order valence-corrected chi connectivity index (χ2v) is 5.24. The number of para-hydroxylation sites is 2. The van der Waals surface area contributed by atoms with E-state index in [9.17, 15) is 4.79 Å². The zero-order valence-electron chi connectivity index (χ0n) is 12.5. The van der Waals surface area contributed by atoms with E-state index in [0.29, 0.717) is 19.0 Å². The number of hydrogen-bond acceptors (Lipinski definition) is 3. The number of ether oxygens (including phenoxy) is 1. The van der Waals surface area contributed by atoms with Crippen molar-refractivity contribution in [2.24, 2.45) is 0 Å². The fourth-order valence-corrected chi connectivity index (χ4v) is 2.47. The Bertz CT molecular complexity index is 775. The molecule has 0 radical (unpaired) electrons. The van der Waals surface area contributed by atoms with Crippen LogP contribution in [0.25, 0.3) is 11.0 Å². The number of nitrogens with zero attached hydrogens (tertiary/aromatic N) is 2. The lowest BCUT2D eigenvalue weighted by Gasteiger charge is -2.08.